The second kappa shape index (κ2) is 17.5. The van der Waals surface area contributed by atoms with E-state index in [2.05, 4.69) is 39.5 Å². The largest absolute Gasteiger partial charge is 0.300 e. The zero-order valence-corrected chi connectivity index (χ0v) is 26.3. The Morgan fingerprint density at radius 1 is 1.03 bits per heavy atom. The van der Waals surface area contributed by atoms with E-state index in [1.54, 1.807) is 6.20 Å². The van der Waals surface area contributed by atoms with Crippen LogP contribution in [0.2, 0.25) is 0 Å². The van der Waals surface area contributed by atoms with Crippen LogP contribution in [0, 0.1) is 40.9 Å². The summed E-state index contributed by atoms with van der Waals surface area (Å²) in [5, 5.41) is 5.33. The summed E-state index contributed by atoms with van der Waals surface area (Å²) in [6.45, 7) is 21.3. The van der Waals surface area contributed by atoms with E-state index in [9.17, 15) is 4.79 Å². The molecule has 3 fully saturated rings. The van der Waals surface area contributed by atoms with Crippen LogP contribution in [-0.4, -0.2) is 30.0 Å². The third-order valence-electron chi connectivity index (χ3n) is 9.74. The summed E-state index contributed by atoms with van der Waals surface area (Å²) >= 11 is 0. The predicted octanol–water partition coefficient (Wildman–Crippen LogP) is 10.8. The summed E-state index contributed by atoms with van der Waals surface area (Å²) in [4.78, 5) is 9.44. The molecule has 0 N–H and O–H groups in total. The van der Waals surface area contributed by atoms with E-state index in [1.165, 1.54) is 51.0 Å². The maximum absolute atomic E-state index is 15.8. The van der Waals surface area contributed by atoms with Gasteiger partial charge in [-0.05, 0) is 101 Å². The lowest BCUT2D eigenvalue weighted by Gasteiger charge is -2.55. The van der Waals surface area contributed by atoms with E-state index in [1.807, 2.05) is 20.8 Å². The number of rotatable bonds is 10. The van der Waals surface area contributed by atoms with E-state index >= 15 is 8.78 Å². The molecule has 7 unspecified atom stereocenters. The van der Waals surface area contributed by atoms with Gasteiger partial charge in [-0.1, -0.05) is 80.2 Å². The quantitative estimate of drug-likeness (QED) is 0.199. The number of Topliss-reactive ketones (excluding diaryl/α,β-unsaturated/α-hetero) is 1. The number of hydrazone groups is 1. The number of hydrogen-bond donors (Lipinski definition) is 0. The second-order valence-corrected chi connectivity index (χ2v) is 12.4. The first-order valence-electron chi connectivity index (χ1n) is 15.7. The molecular weight excluding hydrogens is 490 g/mol. The van der Waals surface area contributed by atoms with Gasteiger partial charge >= 0.3 is 0 Å². The Kier molecular flexibility index (Phi) is 17.0. The summed E-state index contributed by atoms with van der Waals surface area (Å²) < 4.78 is 31.6. The van der Waals surface area contributed by atoms with Crippen LogP contribution in [0.5, 0.6) is 0 Å². The first-order chi connectivity index (χ1) is 17.9. The molecule has 0 spiro atoms. The molecule has 0 aromatic carbocycles. The highest BCUT2D eigenvalue weighted by Gasteiger charge is 2.62. The number of alkyl halides is 2. The molecule has 0 aromatic rings. The molecule has 3 nitrogen and oxygen atoms in total. The van der Waals surface area contributed by atoms with Crippen molar-refractivity contribution in [1.82, 2.24) is 5.01 Å². The molecular formula is C34H64F2N2O. The lowest BCUT2D eigenvalue weighted by atomic mass is 9.50. The lowest BCUT2D eigenvalue weighted by Crippen LogP contribution is -2.51. The van der Waals surface area contributed by atoms with Crippen LogP contribution in [0.4, 0.5) is 8.78 Å². The number of nitrogens with zero attached hydrogens (tertiary/aromatic N) is 2. The van der Waals surface area contributed by atoms with E-state index in [0.29, 0.717) is 18.3 Å². The van der Waals surface area contributed by atoms with Gasteiger partial charge in [0.15, 0.2) is 0 Å². The van der Waals surface area contributed by atoms with Crippen molar-refractivity contribution in [3.05, 3.63) is 11.8 Å². The van der Waals surface area contributed by atoms with Gasteiger partial charge in [-0.2, -0.15) is 5.10 Å². The molecule has 0 aromatic heterocycles. The Bertz CT molecular complexity index is 747. The van der Waals surface area contributed by atoms with Crippen LogP contribution < -0.4 is 0 Å². The smallest absolute Gasteiger partial charge is 0.270 e. The third-order valence-corrected chi connectivity index (χ3v) is 9.74. The van der Waals surface area contributed by atoms with Crippen molar-refractivity contribution in [2.24, 2.45) is 46.0 Å². The minimum Gasteiger partial charge on any atom is -0.300 e. The third kappa shape index (κ3) is 9.66. The van der Waals surface area contributed by atoms with Gasteiger partial charge in [-0.15, -0.1) is 0 Å². The van der Waals surface area contributed by atoms with Gasteiger partial charge in [0.2, 0.25) is 0 Å². The number of allylic oxidation sites excluding steroid dienone is 1. The van der Waals surface area contributed by atoms with Crippen LogP contribution in [0.25, 0.3) is 0 Å². The van der Waals surface area contributed by atoms with Gasteiger partial charge in [0, 0.05) is 18.8 Å². The summed E-state index contributed by atoms with van der Waals surface area (Å²) in [5.74, 6) is 0.448. The van der Waals surface area contributed by atoms with Crippen molar-refractivity contribution in [3.8, 4) is 0 Å². The molecule has 7 atom stereocenters. The number of carbonyl (C=O) groups excluding carboxylic acids is 1. The molecule has 39 heavy (non-hydrogen) atoms. The van der Waals surface area contributed by atoms with Gasteiger partial charge in [-0.25, -0.2) is 8.78 Å². The topological polar surface area (TPSA) is 32.7 Å². The Morgan fingerprint density at radius 3 is 2.15 bits per heavy atom. The summed E-state index contributed by atoms with van der Waals surface area (Å²) in [5.41, 5.74) is 0.844. The normalized spacial score (nSPS) is 31.7. The average Bonchev–Trinajstić information content (AvgIpc) is 3.23. The van der Waals surface area contributed by atoms with Gasteiger partial charge in [0.25, 0.3) is 5.92 Å². The zero-order valence-electron chi connectivity index (χ0n) is 26.3. The van der Waals surface area contributed by atoms with Crippen LogP contribution in [-0.2, 0) is 4.79 Å². The van der Waals surface area contributed by atoms with Crippen LogP contribution >= 0.6 is 0 Å². The van der Waals surface area contributed by atoms with Crippen LogP contribution in [0.1, 0.15) is 140 Å². The molecule has 0 saturated heterocycles. The predicted molar refractivity (Wildman–Crippen MR) is 166 cm³/mol. The Labute approximate surface area is 241 Å². The highest BCUT2D eigenvalue weighted by Crippen LogP contribution is 2.66. The van der Waals surface area contributed by atoms with Crippen LogP contribution in [0.15, 0.2) is 16.9 Å². The molecule has 0 aliphatic heterocycles. The Morgan fingerprint density at radius 2 is 1.64 bits per heavy atom. The number of fused-ring (bicyclic) bond motifs is 3. The summed E-state index contributed by atoms with van der Waals surface area (Å²) in [6.07, 6.45) is 13.9. The monoisotopic (exact) mass is 554 g/mol. The number of carbonyl (C=O) groups is 1. The molecule has 0 heterocycles. The van der Waals surface area contributed by atoms with Crippen molar-refractivity contribution in [1.29, 1.82) is 0 Å². The fraction of sp³-hybridized carbons (Fsp3) is 0.882. The van der Waals surface area contributed by atoms with E-state index in [0.717, 1.165) is 55.4 Å². The van der Waals surface area contributed by atoms with E-state index in [4.69, 9.17) is 0 Å². The fourth-order valence-corrected chi connectivity index (χ4v) is 8.39. The van der Waals surface area contributed by atoms with Crippen molar-refractivity contribution < 1.29 is 13.6 Å². The molecule has 0 radical (unpaired) electrons. The minimum atomic E-state index is -2.75. The molecule has 230 valence electrons. The number of halogens is 2. The second-order valence-electron chi connectivity index (χ2n) is 12.4. The first kappa shape index (κ1) is 37.7. The minimum absolute atomic E-state index is 0. The summed E-state index contributed by atoms with van der Waals surface area (Å²) in [6, 6.07) is 0. The number of ketones is 1. The molecule has 3 rings (SSSR count). The molecule has 0 bridgehead atoms. The molecule has 0 amide bonds. The standard InChI is InChI=1S/C28H48F2N2.C3H6O.C2H6.CH4/c1-7-10-20(4)18-32(31-6)19-28(29,30)26-15-14-25-24-13-12-21(9-3)22(11-8-2)23(24)16-17-27(25,26)5;1-3(2)4;1-2;/h18,21-26H,6-17,19H2,1-5H3;1-2H3;1-2H3;1H4/b20-18+;;;. The molecule has 3 aliphatic rings. The Balaban J connectivity index is 0.00000189. The lowest BCUT2D eigenvalue weighted by molar-refractivity contribution is -0.140. The van der Waals surface area contributed by atoms with Crippen molar-refractivity contribution in [2.75, 3.05) is 6.54 Å². The summed E-state index contributed by atoms with van der Waals surface area (Å²) in [7, 11) is 0. The zero-order chi connectivity index (χ0) is 29.1. The fourth-order valence-electron chi connectivity index (χ4n) is 8.39. The number of hydrogen-bond acceptors (Lipinski definition) is 3. The maximum Gasteiger partial charge on any atom is 0.270 e. The van der Waals surface area contributed by atoms with Crippen molar-refractivity contribution in [3.63, 3.8) is 0 Å². The highest BCUT2D eigenvalue weighted by molar-refractivity contribution is 5.72. The molecule has 5 heteroatoms. The van der Waals surface area contributed by atoms with Crippen molar-refractivity contribution in [2.45, 2.75) is 146 Å². The molecule has 3 aliphatic carbocycles. The molecule has 3 saturated carbocycles. The highest BCUT2D eigenvalue weighted by atomic mass is 19.3. The van der Waals surface area contributed by atoms with Gasteiger partial charge in [0.05, 0.1) is 0 Å². The first-order valence-corrected chi connectivity index (χ1v) is 15.7. The van der Waals surface area contributed by atoms with E-state index in [-0.39, 0.29) is 25.2 Å². The Hall–Kier alpha value is -1.26. The van der Waals surface area contributed by atoms with Gasteiger partial charge < -0.3 is 4.79 Å². The van der Waals surface area contributed by atoms with Gasteiger partial charge in [-0.3, -0.25) is 5.01 Å². The maximum atomic E-state index is 15.8. The van der Waals surface area contributed by atoms with Crippen LogP contribution in [0.3, 0.4) is 0 Å². The average molecular weight is 555 g/mol. The SMILES string of the molecule is C.C=NN(/C=C(\C)CCC)CC(F)(F)C1CCC2C3CCC(CC)C(CCC)C3CCC21C.CC.CC(C)=O. The van der Waals surface area contributed by atoms with E-state index < -0.39 is 11.8 Å². The van der Waals surface area contributed by atoms with Crippen molar-refractivity contribution >= 4 is 12.5 Å². The van der Waals surface area contributed by atoms with Gasteiger partial charge in [0.1, 0.15) is 12.3 Å².